The Labute approximate surface area is 207 Å². The molecule has 0 atom stereocenters. The Morgan fingerprint density at radius 1 is 0.939 bits per heavy atom. The first kappa shape index (κ1) is 23.3. The second-order valence-electron chi connectivity index (χ2n) is 7.90. The van der Waals surface area contributed by atoms with Gasteiger partial charge in [-0.25, -0.2) is 4.98 Å². The molecule has 168 valence electrons. The summed E-state index contributed by atoms with van der Waals surface area (Å²) in [6, 6.07) is 28.4. The lowest BCUT2D eigenvalue weighted by atomic mass is 10.0. The number of nitrogens with zero attached hydrogens (tertiary/aromatic N) is 2. The van der Waals surface area contributed by atoms with Gasteiger partial charge in [0.15, 0.2) is 5.16 Å². The van der Waals surface area contributed by atoms with E-state index in [1.54, 1.807) is 11.8 Å². The summed E-state index contributed by atoms with van der Waals surface area (Å²) in [7, 11) is 0. The maximum absolute atomic E-state index is 12.4. The minimum absolute atomic E-state index is 0.0646. The zero-order valence-corrected chi connectivity index (χ0v) is 21.1. The summed E-state index contributed by atoms with van der Waals surface area (Å²) < 4.78 is 3.26. The first-order valence-corrected chi connectivity index (χ1v) is 12.7. The van der Waals surface area contributed by atoms with E-state index in [1.807, 2.05) is 48.5 Å². The van der Waals surface area contributed by atoms with Gasteiger partial charge < -0.3 is 9.88 Å². The second-order valence-corrected chi connectivity index (χ2v) is 9.88. The highest BCUT2D eigenvalue weighted by Crippen LogP contribution is 2.37. The van der Waals surface area contributed by atoms with Crippen molar-refractivity contribution in [1.29, 1.82) is 0 Å². The van der Waals surface area contributed by atoms with Crippen LogP contribution in [-0.2, 0) is 0 Å². The van der Waals surface area contributed by atoms with Gasteiger partial charge in [-0.2, -0.15) is 0 Å². The van der Waals surface area contributed by atoms with Crippen LogP contribution >= 0.6 is 27.7 Å². The van der Waals surface area contributed by atoms with Crippen LogP contribution in [0.15, 0.2) is 94.6 Å². The van der Waals surface area contributed by atoms with E-state index in [0.29, 0.717) is 12.1 Å². The Kier molecular flexibility index (Phi) is 7.68. The number of nitrogens with one attached hydrogen (secondary N) is 1. The van der Waals surface area contributed by atoms with Crippen molar-refractivity contribution in [3.63, 3.8) is 0 Å². The molecule has 3 aromatic carbocycles. The van der Waals surface area contributed by atoms with Crippen LogP contribution in [0.4, 0.5) is 0 Å². The van der Waals surface area contributed by atoms with Gasteiger partial charge >= 0.3 is 0 Å². The van der Waals surface area contributed by atoms with Crippen molar-refractivity contribution in [2.75, 3.05) is 12.3 Å². The molecule has 4 nitrogen and oxygen atoms in total. The van der Waals surface area contributed by atoms with Gasteiger partial charge in [0.05, 0.1) is 11.4 Å². The molecular formula is C27H26BrN3OS. The normalized spacial score (nSPS) is 11.0. The van der Waals surface area contributed by atoms with E-state index in [4.69, 9.17) is 4.98 Å². The lowest BCUT2D eigenvalue weighted by Gasteiger charge is -2.16. The molecule has 0 saturated carbocycles. The van der Waals surface area contributed by atoms with Gasteiger partial charge in [0.1, 0.15) is 0 Å². The predicted octanol–water partition coefficient (Wildman–Crippen LogP) is 7.08. The fourth-order valence-corrected chi connectivity index (χ4v) is 4.92. The van der Waals surface area contributed by atoms with Crippen molar-refractivity contribution in [2.45, 2.75) is 25.0 Å². The number of amides is 1. The van der Waals surface area contributed by atoms with Gasteiger partial charge in [0.25, 0.3) is 5.91 Å². The fourth-order valence-electron chi connectivity index (χ4n) is 3.67. The average molecular weight is 520 g/mol. The Morgan fingerprint density at radius 3 is 2.15 bits per heavy atom. The zero-order valence-electron chi connectivity index (χ0n) is 18.7. The summed E-state index contributed by atoms with van der Waals surface area (Å²) in [5.41, 5.74) is 5.01. The van der Waals surface area contributed by atoms with Crippen LogP contribution in [0.2, 0.25) is 0 Å². The zero-order chi connectivity index (χ0) is 23.2. The van der Waals surface area contributed by atoms with E-state index >= 15 is 0 Å². The lowest BCUT2D eigenvalue weighted by Crippen LogP contribution is -2.25. The average Bonchev–Trinajstić information content (AvgIpc) is 3.23. The van der Waals surface area contributed by atoms with Crippen LogP contribution in [0.5, 0.6) is 0 Å². The van der Waals surface area contributed by atoms with Crippen molar-refractivity contribution >= 4 is 33.6 Å². The number of benzene rings is 3. The quantitative estimate of drug-likeness (QED) is 0.199. The highest BCUT2D eigenvalue weighted by Gasteiger charge is 2.22. The van der Waals surface area contributed by atoms with Crippen LogP contribution < -0.4 is 5.32 Å². The molecule has 6 heteroatoms. The standard InChI is InChI=1S/C27H26BrN3OS/c1-19(2)31-25(21-11-7-4-8-12-21)24(20-9-5-3-6-10-20)30-27(31)33-18-17-29-26(32)22-13-15-23(28)16-14-22/h3-16,19H,17-18H2,1-2H3,(H,29,32). The van der Waals surface area contributed by atoms with Crippen molar-refractivity contribution < 1.29 is 4.79 Å². The molecule has 1 heterocycles. The van der Waals surface area contributed by atoms with Gasteiger partial charge in [0.2, 0.25) is 0 Å². The Hall–Kier alpha value is -2.83. The number of carbonyl (C=O) groups excluding carboxylic acids is 1. The number of halogens is 1. The number of rotatable bonds is 8. The third-order valence-corrected chi connectivity index (χ3v) is 6.70. The number of hydrogen-bond donors (Lipinski definition) is 1. The molecule has 0 radical (unpaired) electrons. The molecule has 0 spiro atoms. The van der Waals surface area contributed by atoms with Crippen LogP contribution in [0.1, 0.15) is 30.2 Å². The van der Waals surface area contributed by atoms with Crippen molar-refractivity contribution in [2.24, 2.45) is 0 Å². The Morgan fingerprint density at radius 2 is 1.55 bits per heavy atom. The second kappa shape index (κ2) is 10.9. The molecular weight excluding hydrogens is 494 g/mol. The van der Waals surface area contributed by atoms with Crippen LogP contribution in [-0.4, -0.2) is 27.8 Å². The van der Waals surface area contributed by atoms with E-state index < -0.39 is 0 Å². The Bertz CT molecular complexity index is 1210. The summed E-state index contributed by atoms with van der Waals surface area (Å²) in [4.78, 5) is 17.5. The maximum Gasteiger partial charge on any atom is 0.251 e. The predicted molar refractivity (Wildman–Crippen MR) is 141 cm³/mol. The SMILES string of the molecule is CC(C)n1c(SCCNC(=O)c2ccc(Br)cc2)nc(-c2ccccc2)c1-c1ccccc1. The molecule has 1 N–H and O–H groups in total. The van der Waals surface area contributed by atoms with Crippen LogP contribution in [0.3, 0.4) is 0 Å². The first-order valence-electron chi connectivity index (χ1n) is 10.9. The highest BCUT2D eigenvalue weighted by molar-refractivity contribution is 9.10. The number of carbonyl (C=O) groups is 1. The van der Waals surface area contributed by atoms with Gasteiger partial charge in [-0.15, -0.1) is 0 Å². The molecule has 0 fully saturated rings. The first-order chi connectivity index (χ1) is 16.0. The van der Waals surface area contributed by atoms with E-state index in [2.05, 4.69) is 76.1 Å². The molecule has 1 aromatic heterocycles. The molecule has 0 aliphatic carbocycles. The van der Waals surface area contributed by atoms with Crippen LogP contribution in [0.25, 0.3) is 22.5 Å². The van der Waals surface area contributed by atoms with E-state index in [0.717, 1.165) is 37.9 Å². The summed E-state index contributed by atoms with van der Waals surface area (Å²) in [5.74, 6) is 0.666. The van der Waals surface area contributed by atoms with E-state index in [1.165, 1.54) is 0 Å². The summed E-state index contributed by atoms with van der Waals surface area (Å²) in [5, 5.41) is 3.97. The molecule has 4 rings (SSSR count). The van der Waals surface area contributed by atoms with Crippen molar-refractivity contribution in [3.8, 4) is 22.5 Å². The van der Waals surface area contributed by atoms with Crippen LogP contribution in [0, 0.1) is 0 Å². The number of imidazole rings is 1. The smallest absolute Gasteiger partial charge is 0.251 e. The third-order valence-electron chi connectivity index (χ3n) is 5.21. The molecule has 0 aliphatic rings. The lowest BCUT2D eigenvalue weighted by molar-refractivity contribution is 0.0956. The number of thioether (sulfide) groups is 1. The molecule has 0 saturated heterocycles. The van der Waals surface area contributed by atoms with E-state index in [-0.39, 0.29) is 11.9 Å². The summed E-state index contributed by atoms with van der Waals surface area (Å²) in [6.45, 7) is 4.93. The molecule has 33 heavy (non-hydrogen) atoms. The highest BCUT2D eigenvalue weighted by atomic mass is 79.9. The van der Waals surface area contributed by atoms with Crippen molar-refractivity contribution in [3.05, 3.63) is 95.0 Å². The third kappa shape index (κ3) is 5.57. The number of aromatic nitrogens is 2. The molecule has 0 unspecified atom stereocenters. The molecule has 1 amide bonds. The van der Waals surface area contributed by atoms with E-state index in [9.17, 15) is 4.79 Å². The minimum Gasteiger partial charge on any atom is -0.351 e. The number of hydrogen-bond acceptors (Lipinski definition) is 3. The topological polar surface area (TPSA) is 46.9 Å². The van der Waals surface area contributed by atoms with Gasteiger partial charge in [-0.05, 0) is 38.1 Å². The monoisotopic (exact) mass is 519 g/mol. The Balaban J connectivity index is 1.57. The maximum atomic E-state index is 12.4. The summed E-state index contributed by atoms with van der Waals surface area (Å²) in [6.07, 6.45) is 0. The fraction of sp³-hybridized carbons (Fsp3) is 0.185. The molecule has 4 aromatic rings. The largest absolute Gasteiger partial charge is 0.351 e. The van der Waals surface area contributed by atoms with Gasteiger partial charge in [0, 0.05) is 39.5 Å². The minimum atomic E-state index is -0.0646. The molecule has 0 bridgehead atoms. The molecule has 0 aliphatic heterocycles. The summed E-state index contributed by atoms with van der Waals surface area (Å²) >= 11 is 5.07. The van der Waals surface area contributed by atoms with Gasteiger partial charge in [-0.3, -0.25) is 4.79 Å². The van der Waals surface area contributed by atoms with Gasteiger partial charge in [-0.1, -0.05) is 88.4 Å². The van der Waals surface area contributed by atoms with Crippen molar-refractivity contribution in [1.82, 2.24) is 14.9 Å².